The molecule has 3 nitrogen and oxygen atoms in total. The molecule has 0 aliphatic heterocycles. The van der Waals surface area contributed by atoms with Gasteiger partial charge in [-0.25, -0.2) is 0 Å². The third kappa shape index (κ3) is 2.96. The minimum atomic E-state index is -0.697. The molecule has 0 heterocycles. The predicted octanol–water partition coefficient (Wildman–Crippen LogP) is 1.05. The molecule has 1 aromatic carbocycles. The Morgan fingerprint density at radius 2 is 2.14 bits per heavy atom. The van der Waals surface area contributed by atoms with Gasteiger partial charge in [0.1, 0.15) is 0 Å². The van der Waals surface area contributed by atoms with Crippen LogP contribution in [0.3, 0.4) is 0 Å². The fourth-order valence-corrected chi connectivity index (χ4v) is 1.49. The van der Waals surface area contributed by atoms with E-state index in [2.05, 4.69) is 0 Å². The summed E-state index contributed by atoms with van der Waals surface area (Å²) in [5, 5.41) is 10.4. The second kappa shape index (κ2) is 5.32. The zero-order valence-corrected chi connectivity index (χ0v) is 8.61. The van der Waals surface area contributed by atoms with Gasteiger partial charge in [-0.2, -0.15) is 0 Å². The summed E-state index contributed by atoms with van der Waals surface area (Å²) in [5.74, 6) is 0. The number of hydrogen-bond acceptors (Lipinski definition) is 3. The number of nitrogens with two attached hydrogens (primary N) is 2. The summed E-state index contributed by atoms with van der Waals surface area (Å²) >= 11 is 5.79. The van der Waals surface area contributed by atoms with E-state index in [4.69, 9.17) is 23.1 Å². The molecule has 5 N–H and O–H groups in total. The fourth-order valence-electron chi connectivity index (χ4n) is 1.29. The number of halogens is 1. The van der Waals surface area contributed by atoms with E-state index in [1.54, 1.807) is 24.3 Å². The first-order valence-corrected chi connectivity index (χ1v) is 4.92. The van der Waals surface area contributed by atoms with Crippen molar-refractivity contribution in [2.45, 2.75) is 18.6 Å². The molecule has 4 heteroatoms. The second-order valence-corrected chi connectivity index (χ2v) is 3.68. The van der Waals surface area contributed by atoms with E-state index >= 15 is 0 Å². The topological polar surface area (TPSA) is 72.3 Å². The molecule has 0 bridgehead atoms. The number of benzene rings is 1. The van der Waals surface area contributed by atoms with Gasteiger partial charge in [-0.3, -0.25) is 0 Å². The molecule has 0 aliphatic carbocycles. The van der Waals surface area contributed by atoms with Gasteiger partial charge >= 0.3 is 0 Å². The molecule has 1 rings (SSSR count). The largest absolute Gasteiger partial charge is 0.387 e. The van der Waals surface area contributed by atoms with Gasteiger partial charge in [0, 0.05) is 11.1 Å². The van der Waals surface area contributed by atoms with Gasteiger partial charge in [0.2, 0.25) is 0 Å². The van der Waals surface area contributed by atoms with E-state index in [-0.39, 0.29) is 6.04 Å². The van der Waals surface area contributed by atoms with Gasteiger partial charge in [0.25, 0.3) is 0 Å². The van der Waals surface area contributed by atoms with Crippen molar-refractivity contribution in [1.29, 1.82) is 0 Å². The highest BCUT2D eigenvalue weighted by atomic mass is 35.5. The van der Waals surface area contributed by atoms with E-state index in [1.165, 1.54) is 0 Å². The Bertz CT molecular complexity index is 293. The van der Waals surface area contributed by atoms with Crippen molar-refractivity contribution in [3.63, 3.8) is 0 Å². The summed E-state index contributed by atoms with van der Waals surface area (Å²) in [4.78, 5) is 0. The lowest BCUT2D eigenvalue weighted by Crippen LogP contribution is -2.30. The van der Waals surface area contributed by atoms with Crippen molar-refractivity contribution in [3.8, 4) is 0 Å². The van der Waals surface area contributed by atoms with Crippen LogP contribution < -0.4 is 11.5 Å². The summed E-state index contributed by atoms with van der Waals surface area (Å²) < 4.78 is 0. The molecule has 0 aliphatic rings. The lowest BCUT2D eigenvalue weighted by molar-refractivity contribution is 0.143. The van der Waals surface area contributed by atoms with Crippen LogP contribution in [-0.2, 0) is 0 Å². The van der Waals surface area contributed by atoms with Gasteiger partial charge in [-0.05, 0) is 30.7 Å². The standard InChI is InChI=1S/C10H15ClN2O/c11-8-3-1-2-7(6-8)10(14)9(13)4-5-12/h1-3,6,9-10,14H,4-5,12-13H2. The molecule has 0 spiro atoms. The smallest absolute Gasteiger partial charge is 0.0941 e. The summed E-state index contributed by atoms with van der Waals surface area (Å²) in [6.07, 6.45) is -0.106. The second-order valence-electron chi connectivity index (χ2n) is 3.24. The highest BCUT2D eigenvalue weighted by Gasteiger charge is 2.15. The van der Waals surface area contributed by atoms with Gasteiger partial charge in [-0.1, -0.05) is 23.7 Å². The van der Waals surface area contributed by atoms with E-state index < -0.39 is 6.10 Å². The summed E-state index contributed by atoms with van der Waals surface area (Å²) in [7, 11) is 0. The van der Waals surface area contributed by atoms with Crippen LogP contribution in [-0.4, -0.2) is 17.7 Å². The average Bonchev–Trinajstić information content (AvgIpc) is 2.17. The van der Waals surface area contributed by atoms with Gasteiger partial charge in [0.15, 0.2) is 0 Å². The molecule has 0 aromatic heterocycles. The van der Waals surface area contributed by atoms with E-state index in [0.717, 1.165) is 5.56 Å². The highest BCUT2D eigenvalue weighted by molar-refractivity contribution is 6.30. The molecule has 0 saturated heterocycles. The number of aliphatic hydroxyl groups is 1. The van der Waals surface area contributed by atoms with Gasteiger partial charge in [0.05, 0.1) is 6.10 Å². The van der Waals surface area contributed by atoms with Crippen molar-refractivity contribution >= 4 is 11.6 Å². The molecule has 0 radical (unpaired) electrons. The van der Waals surface area contributed by atoms with Crippen molar-refractivity contribution in [1.82, 2.24) is 0 Å². The molecule has 0 amide bonds. The lowest BCUT2D eigenvalue weighted by Gasteiger charge is -2.18. The third-order valence-electron chi connectivity index (χ3n) is 2.10. The quantitative estimate of drug-likeness (QED) is 0.702. The van der Waals surface area contributed by atoms with Crippen LogP contribution in [0.4, 0.5) is 0 Å². The van der Waals surface area contributed by atoms with E-state index in [1.807, 2.05) is 0 Å². The van der Waals surface area contributed by atoms with E-state index in [0.29, 0.717) is 18.0 Å². The van der Waals surface area contributed by atoms with Crippen LogP contribution in [0.25, 0.3) is 0 Å². The number of aliphatic hydroxyl groups excluding tert-OH is 1. The first-order chi connectivity index (χ1) is 6.65. The molecule has 0 fully saturated rings. The van der Waals surface area contributed by atoms with Crippen LogP contribution >= 0.6 is 11.6 Å². The number of rotatable bonds is 4. The van der Waals surface area contributed by atoms with Crippen LogP contribution in [0.2, 0.25) is 5.02 Å². The van der Waals surface area contributed by atoms with Gasteiger partial charge < -0.3 is 16.6 Å². The van der Waals surface area contributed by atoms with Crippen LogP contribution in [0.1, 0.15) is 18.1 Å². The predicted molar refractivity (Wildman–Crippen MR) is 58.1 cm³/mol. The molecule has 14 heavy (non-hydrogen) atoms. The SMILES string of the molecule is NCCC(N)C(O)c1cccc(Cl)c1. The molecular weight excluding hydrogens is 200 g/mol. The molecule has 2 atom stereocenters. The first kappa shape index (κ1) is 11.5. The Morgan fingerprint density at radius 3 is 2.71 bits per heavy atom. The molecule has 1 aromatic rings. The average molecular weight is 215 g/mol. The van der Waals surface area contributed by atoms with E-state index in [9.17, 15) is 5.11 Å². The maximum absolute atomic E-state index is 9.81. The third-order valence-corrected chi connectivity index (χ3v) is 2.33. The number of hydrogen-bond donors (Lipinski definition) is 3. The Hall–Kier alpha value is -0.610. The fraction of sp³-hybridized carbons (Fsp3) is 0.400. The van der Waals surface area contributed by atoms with Crippen LogP contribution in [0, 0.1) is 0 Å². The zero-order valence-electron chi connectivity index (χ0n) is 7.86. The molecule has 0 saturated carbocycles. The Morgan fingerprint density at radius 1 is 1.43 bits per heavy atom. The Labute approximate surface area is 88.7 Å². The molecule has 78 valence electrons. The Kier molecular flexibility index (Phi) is 4.35. The zero-order chi connectivity index (χ0) is 10.6. The Balaban J connectivity index is 2.73. The van der Waals surface area contributed by atoms with Crippen LogP contribution in [0.5, 0.6) is 0 Å². The monoisotopic (exact) mass is 214 g/mol. The lowest BCUT2D eigenvalue weighted by atomic mass is 10.0. The maximum atomic E-state index is 9.81. The summed E-state index contributed by atoms with van der Waals surface area (Å²) in [6.45, 7) is 0.471. The summed E-state index contributed by atoms with van der Waals surface area (Å²) in [6, 6.07) is 6.72. The van der Waals surface area contributed by atoms with Crippen molar-refractivity contribution in [2.75, 3.05) is 6.54 Å². The highest BCUT2D eigenvalue weighted by Crippen LogP contribution is 2.20. The summed E-state index contributed by atoms with van der Waals surface area (Å²) in [5.41, 5.74) is 11.8. The minimum Gasteiger partial charge on any atom is -0.387 e. The van der Waals surface area contributed by atoms with Gasteiger partial charge in [-0.15, -0.1) is 0 Å². The molecule has 2 unspecified atom stereocenters. The van der Waals surface area contributed by atoms with Crippen molar-refractivity contribution in [2.24, 2.45) is 11.5 Å². The first-order valence-electron chi connectivity index (χ1n) is 4.54. The minimum absolute atomic E-state index is 0.335. The van der Waals surface area contributed by atoms with Crippen molar-refractivity contribution in [3.05, 3.63) is 34.9 Å². The van der Waals surface area contributed by atoms with Crippen LogP contribution in [0.15, 0.2) is 24.3 Å². The normalized spacial score (nSPS) is 15.1. The maximum Gasteiger partial charge on any atom is 0.0941 e. The van der Waals surface area contributed by atoms with Crippen molar-refractivity contribution < 1.29 is 5.11 Å². The molecular formula is C10H15ClN2O.